The Kier molecular flexibility index (Phi) is 4.77. The summed E-state index contributed by atoms with van der Waals surface area (Å²) in [4.78, 5) is 9.75. The van der Waals surface area contributed by atoms with Crippen molar-refractivity contribution in [3.05, 3.63) is 97.1 Å². The van der Waals surface area contributed by atoms with E-state index in [0.717, 1.165) is 6.08 Å². The predicted molar refractivity (Wildman–Crippen MR) is 119 cm³/mol. The highest BCUT2D eigenvalue weighted by atomic mass is 16.4. The highest BCUT2D eigenvalue weighted by molar-refractivity contribution is 6.28. The van der Waals surface area contributed by atoms with Crippen LogP contribution in [0.1, 0.15) is 6.92 Å². The maximum Gasteiger partial charge on any atom is 0.328 e. The van der Waals surface area contributed by atoms with Crippen molar-refractivity contribution >= 4 is 49.1 Å². The van der Waals surface area contributed by atoms with Gasteiger partial charge in [-0.2, -0.15) is 0 Å². The molecule has 0 spiro atoms. The maximum atomic E-state index is 9.75. The Morgan fingerprint density at radius 2 is 1.39 bits per heavy atom. The first-order valence-corrected chi connectivity index (χ1v) is 9.26. The van der Waals surface area contributed by atoms with Gasteiger partial charge in [0.15, 0.2) is 0 Å². The Morgan fingerprint density at radius 3 is 2.14 bits per heavy atom. The minimum absolute atomic E-state index is 0.914. The van der Waals surface area contributed by atoms with Crippen molar-refractivity contribution in [2.75, 3.05) is 0 Å². The van der Waals surface area contributed by atoms with E-state index in [1.807, 2.05) is 6.92 Å². The minimum atomic E-state index is -0.914. The van der Waals surface area contributed by atoms with Gasteiger partial charge in [-0.1, -0.05) is 85.0 Å². The molecule has 5 aromatic carbocycles. The quantitative estimate of drug-likeness (QED) is 0.159. The number of carboxylic acids is 1. The van der Waals surface area contributed by atoms with Crippen LogP contribution in [0.4, 0.5) is 0 Å². The van der Waals surface area contributed by atoms with Gasteiger partial charge in [0, 0.05) is 6.08 Å². The molecule has 2 nitrogen and oxygen atoms in total. The molecule has 0 amide bonds. The highest BCUT2D eigenvalue weighted by Crippen LogP contribution is 2.38. The van der Waals surface area contributed by atoms with Gasteiger partial charge in [0.25, 0.3) is 0 Å². The lowest BCUT2D eigenvalue weighted by atomic mass is 9.91. The van der Waals surface area contributed by atoms with E-state index in [1.165, 1.54) is 49.2 Å². The van der Waals surface area contributed by atoms with Crippen molar-refractivity contribution in [2.24, 2.45) is 0 Å². The Hall–Kier alpha value is -3.65. The molecule has 5 rings (SSSR count). The Labute approximate surface area is 163 Å². The third-order valence-electron chi connectivity index (χ3n) is 4.91. The number of hydrogen-bond acceptors (Lipinski definition) is 1. The van der Waals surface area contributed by atoms with Gasteiger partial charge in [0.05, 0.1) is 0 Å². The molecule has 136 valence electrons. The predicted octanol–water partition coefficient (Wildman–Crippen LogP) is 6.94. The summed E-state index contributed by atoms with van der Waals surface area (Å²) in [5.41, 5.74) is 0. The fourth-order valence-electron chi connectivity index (χ4n) is 3.74. The topological polar surface area (TPSA) is 37.3 Å². The minimum Gasteiger partial charge on any atom is -0.478 e. The van der Waals surface area contributed by atoms with Gasteiger partial charge in [0.1, 0.15) is 0 Å². The summed E-state index contributed by atoms with van der Waals surface area (Å²) in [6.45, 7) is 1.83. The monoisotopic (exact) mass is 364 g/mol. The molecular formula is C26H20O2. The van der Waals surface area contributed by atoms with E-state index < -0.39 is 5.97 Å². The lowest BCUT2D eigenvalue weighted by molar-refractivity contribution is -0.131. The molecule has 0 heterocycles. The smallest absolute Gasteiger partial charge is 0.328 e. The van der Waals surface area contributed by atoms with Crippen LogP contribution in [-0.4, -0.2) is 11.1 Å². The van der Waals surface area contributed by atoms with E-state index >= 15 is 0 Å². The number of carboxylic acid groups (broad SMARTS) is 1. The summed E-state index contributed by atoms with van der Waals surface area (Å²) in [6, 6.07) is 26.5. The summed E-state index contributed by atoms with van der Waals surface area (Å²) in [7, 11) is 0. The second kappa shape index (κ2) is 7.53. The number of hydrogen-bond donors (Lipinski definition) is 1. The number of carbonyl (C=O) groups is 1. The van der Waals surface area contributed by atoms with Gasteiger partial charge < -0.3 is 5.11 Å². The number of allylic oxidation sites excluding steroid dienone is 3. The maximum absolute atomic E-state index is 9.75. The number of fused-ring (bicyclic) bond motifs is 2. The number of benzene rings is 5. The Morgan fingerprint density at radius 1 is 0.714 bits per heavy atom. The molecule has 0 saturated heterocycles. The van der Waals surface area contributed by atoms with Crippen LogP contribution in [0.5, 0.6) is 0 Å². The second-order valence-corrected chi connectivity index (χ2v) is 6.68. The molecule has 5 aromatic rings. The Balaban J connectivity index is 0.000000208. The fraction of sp³-hybridized carbons (Fsp3) is 0.0385. The van der Waals surface area contributed by atoms with E-state index in [-0.39, 0.29) is 0 Å². The van der Waals surface area contributed by atoms with Crippen molar-refractivity contribution in [3.63, 3.8) is 0 Å². The SMILES string of the molecule is CC=CC=CC(=O)O.c1ccc2c(c1)cc1ccc3cccc4ccc2c1c34. The molecule has 0 fully saturated rings. The summed E-state index contributed by atoms with van der Waals surface area (Å²) < 4.78 is 0. The second-order valence-electron chi connectivity index (χ2n) is 6.68. The van der Waals surface area contributed by atoms with Crippen LogP contribution in [-0.2, 0) is 4.79 Å². The zero-order valence-corrected chi connectivity index (χ0v) is 15.6. The van der Waals surface area contributed by atoms with Crippen molar-refractivity contribution in [1.29, 1.82) is 0 Å². The average molecular weight is 364 g/mol. The fourth-order valence-corrected chi connectivity index (χ4v) is 3.74. The van der Waals surface area contributed by atoms with E-state index in [2.05, 4.69) is 72.8 Å². The van der Waals surface area contributed by atoms with Gasteiger partial charge >= 0.3 is 5.97 Å². The lowest BCUT2D eigenvalue weighted by Crippen LogP contribution is -1.85. The number of rotatable bonds is 2. The summed E-state index contributed by atoms with van der Waals surface area (Å²) in [6.07, 6.45) is 5.98. The number of aliphatic carboxylic acids is 1. The van der Waals surface area contributed by atoms with Crippen molar-refractivity contribution in [3.8, 4) is 0 Å². The zero-order chi connectivity index (χ0) is 19.5. The molecular weight excluding hydrogens is 344 g/mol. The van der Waals surface area contributed by atoms with Crippen LogP contribution < -0.4 is 0 Å². The van der Waals surface area contributed by atoms with Crippen LogP contribution in [0.3, 0.4) is 0 Å². The molecule has 0 radical (unpaired) electrons. The summed E-state index contributed by atoms with van der Waals surface area (Å²) in [5.74, 6) is -0.914. The average Bonchev–Trinajstić information content (AvgIpc) is 2.72. The molecule has 0 atom stereocenters. The van der Waals surface area contributed by atoms with Gasteiger partial charge in [-0.25, -0.2) is 4.79 Å². The molecule has 0 aliphatic heterocycles. The van der Waals surface area contributed by atoms with E-state index in [0.29, 0.717) is 0 Å². The van der Waals surface area contributed by atoms with Gasteiger partial charge in [0.2, 0.25) is 0 Å². The van der Waals surface area contributed by atoms with Crippen molar-refractivity contribution < 1.29 is 9.90 Å². The van der Waals surface area contributed by atoms with Crippen LogP contribution in [0.25, 0.3) is 43.1 Å². The normalized spacial score (nSPS) is 11.8. The largest absolute Gasteiger partial charge is 0.478 e. The molecule has 2 heteroatoms. The first-order valence-electron chi connectivity index (χ1n) is 9.26. The van der Waals surface area contributed by atoms with Crippen molar-refractivity contribution in [1.82, 2.24) is 0 Å². The summed E-state index contributed by atoms with van der Waals surface area (Å²) in [5, 5.41) is 18.8. The first kappa shape index (κ1) is 17.7. The molecule has 28 heavy (non-hydrogen) atoms. The third kappa shape index (κ3) is 3.21. The molecule has 0 aliphatic rings. The van der Waals surface area contributed by atoms with Gasteiger partial charge in [-0.05, 0) is 56.1 Å². The third-order valence-corrected chi connectivity index (χ3v) is 4.91. The molecule has 0 aliphatic carbocycles. The van der Waals surface area contributed by atoms with Gasteiger partial charge in [-0.15, -0.1) is 0 Å². The summed E-state index contributed by atoms with van der Waals surface area (Å²) >= 11 is 0. The van der Waals surface area contributed by atoms with Gasteiger partial charge in [-0.3, -0.25) is 0 Å². The van der Waals surface area contributed by atoms with Crippen LogP contribution in [0, 0.1) is 0 Å². The first-order chi connectivity index (χ1) is 13.7. The standard InChI is InChI=1S/C20H12.C6H8O2/c1-2-7-17-15(4-1)12-16-9-8-13-5-3-6-14-10-11-18(17)20(16)19(13)14;1-2-3-4-5-6(7)8/h1-12H;2-5H,1H3,(H,7,8). The van der Waals surface area contributed by atoms with E-state index in [9.17, 15) is 4.79 Å². The molecule has 0 unspecified atom stereocenters. The Bertz CT molecular complexity index is 1330. The molecule has 1 N–H and O–H groups in total. The van der Waals surface area contributed by atoms with Crippen LogP contribution in [0.2, 0.25) is 0 Å². The molecule has 0 aromatic heterocycles. The van der Waals surface area contributed by atoms with Crippen molar-refractivity contribution in [2.45, 2.75) is 6.92 Å². The molecule has 0 saturated carbocycles. The lowest BCUT2D eigenvalue weighted by Gasteiger charge is -2.12. The van der Waals surface area contributed by atoms with Crippen LogP contribution >= 0.6 is 0 Å². The van der Waals surface area contributed by atoms with Crippen LogP contribution in [0.15, 0.2) is 97.1 Å². The van der Waals surface area contributed by atoms with E-state index in [1.54, 1.807) is 12.2 Å². The highest BCUT2D eigenvalue weighted by Gasteiger charge is 2.09. The molecule has 0 bridgehead atoms. The zero-order valence-electron chi connectivity index (χ0n) is 15.6. The van der Waals surface area contributed by atoms with E-state index in [4.69, 9.17) is 5.11 Å².